The number of rotatable bonds is 4. The first-order valence-corrected chi connectivity index (χ1v) is 11.8. The van der Waals surface area contributed by atoms with Gasteiger partial charge in [-0.1, -0.05) is 57.5 Å². The topological polar surface area (TPSA) is 43.4 Å². The minimum atomic E-state index is -0.421. The summed E-state index contributed by atoms with van der Waals surface area (Å²) in [5, 5.41) is 0. The lowest BCUT2D eigenvalue weighted by Crippen LogP contribution is -2.44. The van der Waals surface area contributed by atoms with E-state index in [0.717, 1.165) is 49.7 Å². The molecule has 0 spiro atoms. The van der Waals surface area contributed by atoms with Crippen LogP contribution in [0.1, 0.15) is 84.6 Å². The molecule has 0 unspecified atom stereocenters. The Morgan fingerprint density at radius 3 is 2.57 bits per heavy atom. The van der Waals surface area contributed by atoms with E-state index in [1.54, 1.807) is 0 Å². The summed E-state index contributed by atoms with van der Waals surface area (Å²) < 4.78 is 6.30. The maximum Gasteiger partial charge on any atom is 0.334 e. The van der Waals surface area contributed by atoms with Gasteiger partial charge in [-0.3, -0.25) is 4.79 Å². The maximum absolute atomic E-state index is 13.4. The van der Waals surface area contributed by atoms with Crippen molar-refractivity contribution < 1.29 is 14.3 Å². The van der Waals surface area contributed by atoms with Crippen LogP contribution in [0.4, 0.5) is 0 Å². The highest BCUT2D eigenvalue weighted by Crippen LogP contribution is 2.50. The molecule has 3 heteroatoms. The minimum Gasteiger partial charge on any atom is -0.459 e. The summed E-state index contributed by atoms with van der Waals surface area (Å²) in [5.74, 6) is 1.01. The molecule has 162 valence electrons. The van der Waals surface area contributed by atoms with Gasteiger partial charge in [0.25, 0.3) is 0 Å². The molecule has 0 aromatic heterocycles. The summed E-state index contributed by atoms with van der Waals surface area (Å²) in [6, 6.07) is 10.6. The number of ketones is 1. The van der Waals surface area contributed by atoms with Crippen LogP contribution in [-0.2, 0) is 19.7 Å². The molecule has 2 saturated carbocycles. The Balaban J connectivity index is 1.60. The van der Waals surface area contributed by atoms with Gasteiger partial charge in [0.05, 0.1) is 0 Å². The van der Waals surface area contributed by atoms with E-state index < -0.39 is 5.41 Å². The molecule has 0 bridgehead atoms. The van der Waals surface area contributed by atoms with Crippen LogP contribution in [0.3, 0.4) is 0 Å². The zero-order chi connectivity index (χ0) is 21.5. The number of ether oxygens (including phenoxy) is 1. The number of carbonyl (C=O) groups excluding carboxylic acids is 2. The average molecular weight is 409 g/mol. The van der Waals surface area contributed by atoms with Crippen LogP contribution in [0.2, 0.25) is 0 Å². The first-order chi connectivity index (χ1) is 14.2. The van der Waals surface area contributed by atoms with Crippen molar-refractivity contribution in [3.63, 3.8) is 0 Å². The molecule has 3 aliphatic carbocycles. The molecule has 0 heterocycles. The van der Waals surface area contributed by atoms with Crippen LogP contribution in [0, 0.1) is 17.3 Å². The van der Waals surface area contributed by atoms with Crippen molar-refractivity contribution in [1.82, 2.24) is 0 Å². The number of fused-ring (bicyclic) bond motifs is 1. The van der Waals surface area contributed by atoms with Gasteiger partial charge >= 0.3 is 5.97 Å². The smallest absolute Gasteiger partial charge is 0.334 e. The first kappa shape index (κ1) is 21.3. The molecule has 3 aliphatic rings. The minimum absolute atomic E-state index is 0.0610. The number of allylic oxidation sites excluding steroid dienone is 1. The molecule has 0 N–H and O–H groups in total. The summed E-state index contributed by atoms with van der Waals surface area (Å²) in [6.07, 6.45) is 6.94. The predicted molar refractivity (Wildman–Crippen MR) is 119 cm³/mol. The molecule has 1 aromatic carbocycles. The van der Waals surface area contributed by atoms with E-state index in [0.29, 0.717) is 24.0 Å². The van der Waals surface area contributed by atoms with Crippen molar-refractivity contribution in [3.05, 3.63) is 47.0 Å². The van der Waals surface area contributed by atoms with Gasteiger partial charge in [-0.15, -0.1) is 0 Å². The zero-order valence-electron chi connectivity index (χ0n) is 19.0. The Morgan fingerprint density at radius 1 is 1.10 bits per heavy atom. The Bertz CT molecular complexity index is 850. The molecule has 4 atom stereocenters. The van der Waals surface area contributed by atoms with E-state index in [9.17, 15) is 9.59 Å². The summed E-state index contributed by atoms with van der Waals surface area (Å²) >= 11 is 0. The Kier molecular flexibility index (Phi) is 5.67. The number of hydrogen-bond donors (Lipinski definition) is 0. The highest BCUT2D eigenvalue weighted by molar-refractivity contribution is 5.97. The van der Waals surface area contributed by atoms with E-state index in [2.05, 4.69) is 51.1 Å². The van der Waals surface area contributed by atoms with Crippen molar-refractivity contribution in [1.29, 1.82) is 0 Å². The van der Waals surface area contributed by atoms with Crippen LogP contribution in [0.25, 0.3) is 0 Å². The highest BCUT2D eigenvalue weighted by Gasteiger charge is 2.47. The fourth-order valence-electron chi connectivity index (χ4n) is 6.30. The van der Waals surface area contributed by atoms with Gasteiger partial charge in [0.15, 0.2) is 0 Å². The van der Waals surface area contributed by atoms with Gasteiger partial charge < -0.3 is 4.74 Å². The van der Waals surface area contributed by atoms with Crippen LogP contribution in [-0.4, -0.2) is 17.9 Å². The summed E-state index contributed by atoms with van der Waals surface area (Å²) in [6.45, 7) is 8.88. The van der Waals surface area contributed by atoms with Crippen molar-refractivity contribution in [2.45, 2.75) is 90.6 Å². The fraction of sp³-hybridized carbons (Fsp3) is 0.630. The van der Waals surface area contributed by atoms with E-state index in [1.165, 1.54) is 12.0 Å². The van der Waals surface area contributed by atoms with Crippen molar-refractivity contribution in [2.75, 3.05) is 0 Å². The Morgan fingerprint density at radius 2 is 1.83 bits per heavy atom. The zero-order valence-corrected chi connectivity index (χ0v) is 19.0. The van der Waals surface area contributed by atoms with E-state index in [4.69, 9.17) is 4.74 Å². The second kappa shape index (κ2) is 7.98. The normalized spacial score (nSPS) is 32.1. The molecule has 1 aromatic rings. The lowest BCUT2D eigenvalue weighted by molar-refractivity contribution is -0.152. The summed E-state index contributed by atoms with van der Waals surface area (Å²) in [5.41, 5.74) is 2.71. The van der Waals surface area contributed by atoms with Crippen LogP contribution in [0.5, 0.6) is 0 Å². The van der Waals surface area contributed by atoms with E-state index >= 15 is 0 Å². The van der Waals surface area contributed by atoms with Gasteiger partial charge in [-0.05, 0) is 67.9 Å². The lowest BCUT2D eigenvalue weighted by Gasteiger charge is -2.44. The third-order valence-corrected chi connectivity index (χ3v) is 8.35. The molecule has 0 amide bonds. The monoisotopic (exact) mass is 408 g/mol. The molecular weight excluding hydrogens is 372 g/mol. The second-order valence-corrected chi connectivity index (χ2v) is 10.6. The number of hydrogen-bond acceptors (Lipinski definition) is 3. The third-order valence-electron chi connectivity index (χ3n) is 8.35. The molecular formula is C27H36O3. The van der Waals surface area contributed by atoms with Gasteiger partial charge in [0.2, 0.25) is 0 Å². The standard InChI is InChI=1S/C27H36O3/c1-18-12-13-22(26(2,3)19-9-6-5-7-10-19)23(17-18)30-25(29)20-11-8-16-27(4)21(20)14-15-24(27)28/h5-7,9-10,18,22-23H,8,11-17H2,1-4H3/t18-,22-,23-,27-/m1/s1. The quantitative estimate of drug-likeness (QED) is 0.560. The first-order valence-electron chi connectivity index (χ1n) is 11.8. The van der Waals surface area contributed by atoms with Crippen LogP contribution in [0.15, 0.2) is 41.5 Å². The lowest BCUT2D eigenvalue weighted by atomic mass is 9.64. The van der Waals surface area contributed by atoms with Gasteiger partial charge in [-0.25, -0.2) is 4.79 Å². The van der Waals surface area contributed by atoms with Gasteiger partial charge in [0.1, 0.15) is 11.9 Å². The van der Waals surface area contributed by atoms with Crippen molar-refractivity contribution >= 4 is 11.8 Å². The number of carbonyl (C=O) groups is 2. The van der Waals surface area contributed by atoms with Crippen molar-refractivity contribution in [3.8, 4) is 0 Å². The average Bonchev–Trinajstić information content (AvgIpc) is 3.03. The highest BCUT2D eigenvalue weighted by atomic mass is 16.5. The SMILES string of the molecule is C[C@@H]1CC[C@@H](C(C)(C)c2ccccc2)[C@H](OC(=O)C2=C3CCC(=O)[C@]3(C)CCC2)C1. The Hall–Kier alpha value is -1.90. The maximum atomic E-state index is 13.4. The van der Waals surface area contributed by atoms with Gasteiger partial charge in [-0.2, -0.15) is 0 Å². The number of esters is 1. The Labute approximate surface area is 181 Å². The largest absolute Gasteiger partial charge is 0.459 e. The van der Waals surface area contributed by atoms with Crippen LogP contribution < -0.4 is 0 Å². The molecule has 30 heavy (non-hydrogen) atoms. The number of benzene rings is 1. The molecule has 0 radical (unpaired) electrons. The third kappa shape index (κ3) is 3.65. The van der Waals surface area contributed by atoms with Gasteiger partial charge in [0, 0.05) is 23.3 Å². The van der Waals surface area contributed by atoms with E-state index in [1.807, 2.05) is 6.92 Å². The molecule has 0 saturated heterocycles. The van der Waals surface area contributed by atoms with Crippen molar-refractivity contribution in [2.24, 2.45) is 17.3 Å². The fourth-order valence-corrected chi connectivity index (χ4v) is 6.30. The summed E-state index contributed by atoms with van der Waals surface area (Å²) in [7, 11) is 0. The second-order valence-electron chi connectivity index (χ2n) is 10.6. The van der Waals surface area contributed by atoms with Crippen LogP contribution >= 0.6 is 0 Å². The molecule has 4 rings (SSSR count). The molecule has 3 nitrogen and oxygen atoms in total. The van der Waals surface area contributed by atoms with E-state index in [-0.39, 0.29) is 17.5 Å². The molecule has 0 aliphatic heterocycles. The number of Topliss-reactive ketones (excluding diaryl/α,β-unsaturated/α-hetero) is 1. The predicted octanol–water partition coefficient (Wildman–Crippen LogP) is 6.16. The summed E-state index contributed by atoms with van der Waals surface area (Å²) in [4.78, 5) is 25.9. The molecule has 2 fully saturated rings.